The maximum atomic E-state index is 9.42. The lowest BCUT2D eigenvalue weighted by Crippen LogP contribution is -2.22. The lowest BCUT2D eigenvalue weighted by molar-refractivity contribution is 0.179. The van der Waals surface area contributed by atoms with Gasteiger partial charge in [0.1, 0.15) is 0 Å². The van der Waals surface area contributed by atoms with E-state index in [2.05, 4.69) is 21.8 Å². The number of aliphatic hydroxyl groups excluding tert-OH is 1. The van der Waals surface area contributed by atoms with Crippen molar-refractivity contribution in [3.63, 3.8) is 0 Å². The van der Waals surface area contributed by atoms with E-state index in [0.717, 1.165) is 33.6 Å². The van der Waals surface area contributed by atoms with Crippen LogP contribution >= 0.6 is 11.3 Å². The first-order valence-electron chi connectivity index (χ1n) is 6.93. The number of hydrogen-bond donors (Lipinski definition) is 1. The summed E-state index contributed by atoms with van der Waals surface area (Å²) in [6.07, 6.45) is 0. The van der Waals surface area contributed by atoms with Crippen LogP contribution in [0.1, 0.15) is 28.9 Å². The van der Waals surface area contributed by atoms with Gasteiger partial charge in [-0.2, -0.15) is 0 Å². The Morgan fingerprint density at radius 1 is 1.33 bits per heavy atom. The molecule has 0 aliphatic rings. The highest BCUT2D eigenvalue weighted by Crippen LogP contribution is 2.28. The van der Waals surface area contributed by atoms with Crippen molar-refractivity contribution in [1.82, 2.24) is 9.97 Å². The van der Waals surface area contributed by atoms with E-state index in [0.29, 0.717) is 13.2 Å². The van der Waals surface area contributed by atoms with Crippen LogP contribution in [0.5, 0.6) is 0 Å². The predicted molar refractivity (Wildman–Crippen MR) is 84.4 cm³/mol. The van der Waals surface area contributed by atoms with E-state index >= 15 is 0 Å². The number of pyridine rings is 1. The SMILES string of the molecule is CCN(Cc1cccc(C)n1)c1nc(COC)c(CO)s1. The Kier molecular flexibility index (Phi) is 5.67. The number of methoxy groups -OCH3 is 1. The molecule has 0 fully saturated rings. The number of nitrogens with zero attached hydrogens (tertiary/aromatic N) is 3. The zero-order valence-electron chi connectivity index (χ0n) is 12.7. The second-order valence-electron chi connectivity index (χ2n) is 4.74. The standard InChI is InChI=1S/C15H21N3O2S/c1-4-18(8-12-7-5-6-11(2)16-12)15-17-13(10-20-3)14(9-19)21-15/h5-7,19H,4,8-10H2,1-3H3. The van der Waals surface area contributed by atoms with Crippen molar-refractivity contribution >= 4 is 16.5 Å². The number of hydrogen-bond acceptors (Lipinski definition) is 6. The molecule has 0 atom stereocenters. The first-order chi connectivity index (χ1) is 10.2. The van der Waals surface area contributed by atoms with Gasteiger partial charge in [0.05, 0.1) is 36.0 Å². The highest BCUT2D eigenvalue weighted by atomic mass is 32.1. The van der Waals surface area contributed by atoms with Gasteiger partial charge in [-0.1, -0.05) is 17.4 Å². The van der Waals surface area contributed by atoms with E-state index in [1.165, 1.54) is 11.3 Å². The van der Waals surface area contributed by atoms with Crippen LogP contribution in [0.15, 0.2) is 18.2 Å². The minimum atomic E-state index is -0.00336. The molecule has 0 unspecified atom stereocenters. The molecule has 0 aromatic carbocycles. The minimum Gasteiger partial charge on any atom is -0.391 e. The third kappa shape index (κ3) is 4.00. The average molecular weight is 307 g/mol. The highest BCUT2D eigenvalue weighted by Gasteiger charge is 2.15. The fourth-order valence-corrected chi connectivity index (χ4v) is 3.06. The summed E-state index contributed by atoms with van der Waals surface area (Å²) in [4.78, 5) is 12.1. The van der Waals surface area contributed by atoms with Gasteiger partial charge in [-0.3, -0.25) is 4.98 Å². The lowest BCUT2D eigenvalue weighted by atomic mass is 10.3. The molecule has 0 bridgehead atoms. The van der Waals surface area contributed by atoms with E-state index in [1.807, 2.05) is 25.1 Å². The highest BCUT2D eigenvalue weighted by molar-refractivity contribution is 7.15. The molecule has 0 saturated heterocycles. The quantitative estimate of drug-likeness (QED) is 0.852. The van der Waals surface area contributed by atoms with Crippen molar-refractivity contribution in [2.75, 3.05) is 18.6 Å². The van der Waals surface area contributed by atoms with E-state index < -0.39 is 0 Å². The largest absolute Gasteiger partial charge is 0.391 e. The molecule has 6 heteroatoms. The fourth-order valence-electron chi connectivity index (χ4n) is 2.08. The molecule has 114 valence electrons. The number of aromatic nitrogens is 2. The Bertz CT molecular complexity index is 586. The van der Waals surface area contributed by atoms with Crippen molar-refractivity contribution in [1.29, 1.82) is 0 Å². The molecule has 0 aliphatic heterocycles. The number of aliphatic hydroxyl groups is 1. The van der Waals surface area contributed by atoms with Crippen molar-refractivity contribution in [2.24, 2.45) is 0 Å². The summed E-state index contributed by atoms with van der Waals surface area (Å²) < 4.78 is 5.13. The smallest absolute Gasteiger partial charge is 0.186 e. The Hall–Kier alpha value is -1.50. The van der Waals surface area contributed by atoms with Gasteiger partial charge >= 0.3 is 0 Å². The number of rotatable bonds is 7. The molecular formula is C15H21N3O2S. The zero-order valence-corrected chi connectivity index (χ0v) is 13.5. The summed E-state index contributed by atoms with van der Waals surface area (Å²) in [5.41, 5.74) is 2.85. The van der Waals surface area contributed by atoms with Gasteiger partial charge in [0.15, 0.2) is 5.13 Å². The number of aryl methyl sites for hydroxylation is 1. The monoisotopic (exact) mass is 307 g/mol. The molecule has 1 N–H and O–H groups in total. The third-order valence-corrected chi connectivity index (χ3v) is 4.29. The van der Waals surface area contributed by atoms with Crippen LogP contribution < -0.4 is 4.90 Å². The maximum Gasteiger partial charge on any atom is 0.186 e. The molecule has 0 saturated carbocycles. The van der Waals surface area contributed by atoms with Gasteiger partial charge in [-0.15, -0.1) is 0 Å². The summed E-state index contributed by atoms with van der Waals surface area (Å²) in [7, 11) is 1.63. The zero-order chi connectivity index (χ0) is 15.2. The summed E-state index contributed by atoms with van der Waals surface area (Å²) in [5.74, 6) is 0. The van der Waals surface area contributed by atoms with Gasteiger partial charge < -0.3 is 14.7 Å². The second kappa shape index (κ2) is 7.49. The molecule has 21 heavy (non-hydrogen) atoms. The Morgan fingerprint density at radius 3 is 2.76 bits per heavy atom. The van der Waals surface area contributed by atoms with Crippen LogP contribution in [0.25, 0.3) is 0 Å². The molecule has 0 aliphatic carbocycles. The molecule has 5 nitrogen and oxygen atoms in total. The van der Waals surface area contributed by atoms with Gasteiger partial charge in [0.25, 0.3) is 0 Å². The van der Waals surface area contributed by atoms with Crippen LogP contribution in [-0.4, -0.2) is 28.7 Å². The first-order valence-corrected chi connectivity index (χ1v) is 7.75. The topological polar surface area (TPSA) is 58.5 Å². The lowest BCUT2D eigenvalue weighted by Gasteiger charge is -2.19. The predicted octanol–water partition coefficient (Wildman–Crippen LogP) is 2.51. The van der Waals surface area contributed by atoms with Crippen molar-refractivity contribution in [3.05, 3.63) is 40.2 Å². The molecule has 2 rings (SSSR count). The van der Waals surface area contributed by atoms with E-state index in [1.54, 1.807) is 7.11 Å². The Balaban J connectivity index is 2.20. The van der Waals surface area contributed by atoms with Crippen LogP contribution in [-0.2, 0) is 24.5 Å². The molecule has 2 aromatic rings. The van der Waals surface area contributed by atoms with Crippen molar-refractivity contribution in [3.8, 4) is 0 Å². The fraction of sp³-hybridized carbons (Fsp3) is 0.467. The summed E-state index contributed by atoms with van der Waals surface area (Å²) in [6.45, 7) is 6.04. The second-order valence-corrected chi connectivity index (χ2v) is 5.80. The van der Waals surface area contributed by atoms with Gasteiger partial charge in [-0.05, 0) is 26.0 Å². The maximum absolute atomic E-state index is 9.42. The normalized spacial score (nSPS) is 10.9. The number of anilines is 1. The van der Waals surface area contributed by atoms with Gasteiger partial charge in [-0.25, -0.2) is 4.98 Å². The number of thiazole rings is 1. The number of ether oxygens (including phenoxy) is 1. The van der Waals surface area contributed by atoms with E-state index in [4.69, 9.17) is 4.74 Å². The average Bonchev–Trinajstić information content (AvgIpc) is 2.88. The molecule has 0 amide bonds. The Morgan fingerprint density at radius 2 is 2.14 bits per heavy atom. The molecular weight excluding hydrogens is 286 g/mol. The van der Waals surface area contributed by atoms with Crippen molar-refractivity contribution in [2.45, 2.75) is 33.6 Å². The summed E-state index contributed by atoms with van der Waals surface area (Å²) >= 11 is 1.51. The first kappa shape index (κ1) is 15.9. The molecule has 2 aromatic heterocycles. The molecule has 0 spiro atoms. The molecule has 0 radical (unpaired) electrons. The van der Waals surface area contributed by atoms with E-state index in [9.17, 15) is 5.11 Å². The molecule has 2 heterocycles. The minimum absolute atomic E-state index is 0.00336. The summed E-state index contributed by atoms with van der Waals surface area (Å²) in [5, 5.41) is 10.3. The van der Waals surface area contributed by atoms with Gasteiger partial charge in [0, 0.05) is 19.3 Å². The van der Waals surface area contributed by atoms with E-state index in [-0.39, 0.29) is 6.61 Å². The van der Waals surface area contributed by atoms with Crippen LogP contribution in [0.4, 0.5) is 5.13 Å². The van der Waals surface area contributed by atoms with Gasteiger partial charge in [0.2, 0.25) is 0 Å². The van der Waals surface area contributed by atoms with Crippen LogP contribution in [0.3, 0.4) is 0 Å². The van der Waals surface area contributed by atoms with Crippen LogP contribution in [0.2, 0.25) is 0 Å². The Labute approximate surface area is 129 Å². The summed E-state index contributed by atoms with van der Waals surface area (Å²) in [6, 6.07) is 6.03. The van der Waals surface area contributed by atoms with Crippen molar-refractivity contribution < 1.29 is 9.84 Å². The third-order valence-electron chi connectivity index (χ3n) is 3.14. The van der Waals surface area contributed by atoms with Crippen LogP contribution in [0, 0.1) is 6.92 Å².